The fourth-order valence-electron chi connectivity index (χ4n) is 2.70. The third-order valence-corrected chi connectivity index (χ3v) is 3.90. The molecule has 21 heavy (non-hydrogen) atoms. The largest absolute Gasteiger partial charge is 0.388 e. The molecule has 1 amide bonds. The summed E-state index contributed by atoms with van der Waals surface area (Å²) in [6, 6.07) is 9.53. The molecule has 2 rings (SSSR count). The van der Waals surface area contributed by atoms with E-state index < -0.39 is 6.10 Å². The highest BCUT2D eigenvalue weighted by atomic mass is 16.3. The molecule has 0 saturated carbocycles. The lowest BCUT2D eigenvalue weighted by Crippen LogP contribution is -2.44. The molecule has 2 N–H and O–H groups in total. The molecule has 1 fully saturated rings. The molecular weight excluding hydrogens is 264 g/mol. The molecule has 0 aromatic heterocycles. The number of hydrogen-bond acceptors (Lipinski definition) is 3. The van der Waals surface area contributed by atoms with E-state index in [1.54, 1.807) is 0 Å². The molecule has 1 aliphatic heterocycles. The van der Waals surface area contributed by atoms with Crippen LogP contribution in [0.25, 0.3) is 0 Å². The van der Waals surface area contributed by atoms with Crippen molar-refractivity contribution in [3.8, 4) is 0 Å². The van der Waals surface area contributed by atoms with Gasteiger partial charge in [-0.25, -0.2) is 0 Å². The first-order valence-electron chi connectivity index (χ1n) is 7.54. The average molecular weight is 288 g/mol. The van der Waals surface area contributed by atoms with Crippen molar-refractivity contribution in [3.05, 3.63) is 48.6 Å². The van der Waals surface area contributed by atoms with Crippen molar-refractivity contribution in [1.82, 2.24) is 10.2 Å². The van der Waals surface area contributed by atoms with E-state index in [9.17, 15) is 9.90 Å². The van der Waals surface area contributed by atoms with Crippen molar-refractivity contribution in [2.45, 2.75) is 31.4 Å². The third kappa shape index (κ3) is 4.99. The van der Waals surface area contributed by atoms with Gasteiger partial charge < -0.3 is 10.4 Å². The van der Waals surface area contributed by atoms with Crippen molar-refractivity contribution >= 4 is 5.91 Å². The molecule has 1 aromatic rings. The number of rotatable bonds is 6. The minimum Gasteiger partial charge on any atom is -0.388 e. The van der Waals surface area contributed by atoms with Gasteiger partial charge in [0.2, 0.25) is 5.91 Å². The third-order valence-electron chi connectivity index (χ3n) is 3.90. The van der Waals surface area contributed by atoms with Crippen LogP contribution in [0.15, 0.2) is 43.0 Å². The molecule has 4 nitrogen and oxygen atoms in total. The Kier molecular flexibility index (Phi) is 5.96. The summed E-state index contributed by atoms with van der Waals surface area (Å²) in [7, 11) is 0. The Morgan fingerprint density at radius 1 is 1.38 bits per heavy atom. The molecular formula is C17H24N2O2. The van der Waals surface area contributed by atoms with Crippen molar-refractivity contribution in [3.63, 3.8) is 0 Å². The van der Waals surface area contributed by atoms with Gasteiger partial charge in [-0.05, 0) is 18.4 Å². The van der Waals surface area contributed by atoms with Gasteiger partial charge in [-0.1, -0.05) is 36.4 Å². The normalized spacial score (nSPS) is 18.1. The number of nitrogens with zero attached hydrogens (tertiary/aromatic N) is 1. The van der Waals surface area contributed by atoms with Crippen LogP contribution in [0, 0.1) is 0 Å². The highest BCUT2D eigenvalue weighted by molar-refractivity contribution is 5.77. The molecule has 1 aromatic carbocycles. The number of amides is 1. The Labute approximate surface area is 126 Å². The van der Waals surface area contributed by atoms with E-state index in [1.165, 1.54) is 0 Å². The smallest absolute Gasteiger partial charge is 0.223 e. The summed E-state index contributed by atoms with van der Waals surface area (Å²) in [5.74, 6) is -0.0754. The first-order valence-corrected chi connectivity index (χ1v) is 7.54. The molecule has 4 heteroatoms. The lowest BCUT2D eigenvalue weighted by atomic mass is 10.0. The molecule has 1 unspecified atom stereocenters. The summed E-state index contributed by atoms with van der Waals surface area (Å²) in [4.78, 5) is 14.3. The van der Waals surface area contributed by atoms with Crippen molar-refractivity contribution < 1.29 is 9.90 Å². The lowest BCUT2D eigenvalue weighted by molar-refractivity contribution is -0.124. The molecule has 0 radical (unpaired) electrons. The van der Waals surface area contributed by atoms with Crippen molar-refractivity contribution in [2.75, 3.05) is 19.6 Å². The fraction of sp³-hybridized carbons (Fsp3) is 0.471. The van der Waals surface area contributed by atoms with Crippen LogP contribution in [-0.2, 0) is 4.79 Å². The van der Waals surface area contributed by atoms with Gasteiger partial charge >= 0.3 is 0 Å². The zero-order valence-electron chi connectivity index (χ0n) is 12.4. The topological polar surface area (TPSA) is 52.6 Å². The van der Waals surface area contributed by atoms with Crippen molar-refractivity contribution in [2.24, 2.45) is 0 Å². The van der Waals surface area contributed by atoms with Crippen LogP contribution in [-0.4, -0.2) is 41.6 Å². The summed E-state index contributed by atoms with van der Waals surface area (Å²) in [6.07, 6.45) is 3.22. The Balaban J connectivity index is 1.74. The summed E-state index contributed by atoms with van der Waals surface area (Å²) in [5.41, 5.74) is 0.786. The monoisotopic (exact) mass is 288 g/mol. The molecule has 1 heterocycles. The minimum absolute atomic E-state index is 0.0754. The zero-order chi connectivity index (χ0) is 15.1. The van der Waals surface area contributed by atoms with E-state index in [0.29, 0.717) is 0 Å². The van der Waals surface area contributed by atoms with Crippen LogP contribution >= 0.6 is 0 Å². The van der Waals surface area contributed by atoms with Gasteiger partial charge in [-0.3, -0.25) is 9.69 Å². The number of aliphatic hydroxyl groups excluding tert-OH is 1. The van der Waals surface area contributed by atoms with Gasteiger partial charge in [0, 0.05) is 25.7 Å². The predicted molar refractivity (Wildman–Crippen MR) is 83.8 cm³/mol. The number of hydrogen-bond donors (Lipinski definition) is 2. The van der Waals surface area contributed by atoms with E-state index in [2.05, 4.69) is 16.8 Å². The molecule has 1 saturated heterocycles. The molecule has 0 bridgehead atoms. The van der Waals surface area contributed by atoms with Crippen LogP contribution < -0.4 is 5.32 Å². The summed E-state index contributed by atoms with van der Waals surface area (Å²) in [6.45, 7) is 6.62. The van der Waals surface area contributed by atoms with Crippen LogP contribution in [0.2, 0.25) is 0 Å². The van der Waals surface area contributed by atoms with Crippen molar-refractivity contribution in [1.29, 1.82) is 0 Å². The van der Waals surface area contributed by atoms with Crippen LogP contribution in [0.5, 0.6) is 0 Å². The Bertz CT molecular complexity index is 453. The molecule has 1 atom stereocenters. The van der Waals surface area contributed by atoms with E-state index in [1.807, 2.05) is 36.4 Å². The highest BCUT2D eigenvalue weighted by Crippen LogP contribution is 2.16. The SMILES string of the molecule is C=CCN1CCC(NC(=O)CC(O)c2ccccc2)CC1. The molecule has 0 aliphatic carbocycles. The van der Waals surface area contributed by atoms with Crippen LogP contribution in [0.4, 0.5) is 0 Å². The number of nitrogens with one attached hydrogen (secondary N) is 1. The first-order chi connectivity index (χ1) is 10.2. The second kappa shape index (κ2) is 7.96. The van der Waals surface area contributed by atoms with Gasteiger partial charge in [-0.15, -0.1) is 6.58 Å². The predicted octanol–water partition coefficient (Wildman–Crippen LogP) is 1.88. The van der Waals surface area contributed by atoms with E-state index in [0.717, 1.165) is 38.0 Å². The summed E-state index contributed by atoms with van der Waals surface area (Å²) in [5, 5.41) is 13.1. The first kappa shape index (κ1) is 15.7. The molecule has 1 aliphatic rings. The number of piperidine rings is 1. The Morgan fingerprint density at radius 3 is 2.67 bits per heavy atom. The van der Waals surface area contributed by atoms with E-state index in [4.69, 9.17) is 0 Å². The fourth-order valence-corrected chi connectivity index (χ4v) is 2.70. The quantitative estimate of drug-likeness (QED) is 0.786. The average Bonchev–Trinajstić information content (AvgIpc) is 2.50. The Hall–Kier alpha value is -1.65. The van der Waals surface area contributed by atoms with E-state index in [-0.39, 0.29) is 18.4 Å². The summed E-state index contributed by atoms with van der Waals surface area (Å²) >= 11 is 0. The minimum atomic E-state index is -0.730. The number of carbonyl (C=O) groups is 1. The maximum Gasteiger partial charge on any atom is 0.223 e. The Morgan fingerprint density at radius 2 is 2.05 bits per heavy atom. The highest BCUT2D eigenvalue weighted by Gasteiger charge is 2.21. The summed E-state index contributed by atoms with van der Waals surface area (Å²) < 4.78 is 0. The van der Waals surface area contributed by atoms with Gasteiger partial charge in [0.1, 0.15) is 0 Å². The van der Waals surface area contributed by atoms with E-state index >= 15 is 0 Å². The maximum atomic E-state index is 12.0. The van der Waals surface area contributed by atoms with Gasteiger partial charge in [0.25, 0.3) is 0 Å². The van der Waals surface area contributed by atoms with Crippen LogP contribution in [0.1, 0.15) is 30.9 Å². The number of likely N-dealkylation sites (tertiary alicyclic amines) is 1. The second-order valence-corrected chi connectivity index (χ2v) is 5.56. The second-order valence-electron chi connectivity index (χ2n) is 5.56. The molecule has 114 valence electrons. The number of aliphatic hydroxyl groups is 1. The molecule has 0 spiro atoms. The van der Waals surface area contributed by atoms with Gasteiger partial charge in [0.05, 0.1) is 12.5 Å². The zero-order valence-corrected chi connectivity index (χ0v) is 12.4. The van der Waals surface area contributed by atoms with Gasteiger partial charge in [-0.2, -0.15) is 0 Å². The number of benzene rings is 1. The van der Waals surface area contributed by atoms with Gasteiger partial charge in [0.15, 0.2) is 0 Å². The maximum absolute atomic E-state index is 12.0. The number of carbonyl (C=O) groups excluding carboxylic acids is 1. The standard InChI is InChI=1S/C17H24N2O2/c1-2-10-19-11-8-15(9-12-19)18-17(21)13-16(20)14-6-4-3-5-7-14/h2-7,15-16,20H,1,8-13H2,(H,18,21). The lowest BCUT2D eigenvalue weighted by Gasteiger charge is -2.31. The van der Waals surface area contributed by atoms with Crippen LogP contribution in [0.3, 0.4) is 0 Å².